The van der Waals surface area contributed by atoms with Gasteiger partial charge in [0.05, 0.1) is 18.2 Å². The molecule has 2 atom stereocenters. The molecular weight excluding hydrogens is 387 g/mol. The first-order valence-corrected chi connectivity index (χ1v) is 9.21. The van der Waals surface area contributed by atoms with Gasteiger partial charge in [0.1, 0.15) is 34.4 Å². The second kappa shape index (κ2) is 9.27. The molecule has 0 saturated heterocycles. The van der Waals surface area contributed by atoms with Gasteiger partial charge in [-0.3, -0.25) is 4.79 Å². The van der Waals surface area contributed by atoms with Crippen molar-refractivity contribution < 1.29 is 23.2 Å². The number of hydrogen-bond donors (Lipinski definition) is 3. The standard InChI is InChI=1S/C16H15FN4O4S.C2H4/c1-21-6-13-15(25-8-11(7-22)20-26(13)24)14(21)16(23)19-10-2-3-12(17)9(4-10)5-18;1-2/h2-4,6,11,20,22H,7-8H2,1H3,(H,19,23);1-2H2. The molecule has 0 fully saturated rings. The van der Waals surface area contributed by atoms with Crippen LogP contribution in [0, 0.1) is 17.1 Å². The van der Waals surface area contributed by atoms with E-state index < -0.39 is 28.8 Å². The van der Waals surface area contributed by atoms with E-state index in [4.69, 9.17) is 10.00 Å². The van der Waals surface area contributed by atoms with Crippen molar-refractivity contribution in [3.63, 3.8) is 0 Å². The van der Waals surface area contributed by atoms with Gasteiger partial charge in [-0.05, 0) is 18.2 Å². The van der Waals surface area contributed by atoms with Gasteiger partial charge < -0.3 is 19.7 Å². The van der Waals surface area contributed by atoms with Crippen LogP contribution in [0.2, 0.25) is 0 Å². The number of rotatable bonds is 3. The second-order valence-corrected chi connectivity index (χ2v) is 6.83. The summed E-state index contributed by atoms with van der Waals surface area (Å²) in [6.45, 7) is 5.77. The van der Waals surface area contributed by atoms with Crippen molar-refractivity contribution in [3.05, 3.63) is 54.6 Å². The summed E-state index contributed by atoms with van der Waals surface area (Å²) < 4.78 is 35.5. The van der Waals surface area contributed by atoms with Gasteiger partial charge in [0.15, 0.2) is 11.4 Å². The molecule has 148 valence electrons. The monoisotopic (exact) mass is 406 g/mol. The Bertz CT molecular complexity index is 954. The normalized spacial score (nSPS) is 17.8. The summed E-state index contributed by atoms with van der Waals surface area (Å²) in [5.41, 5.74) is 0.168. The Hall–Kier alpha value is -3.00. The quantitative estimate of drug-likeness (QED) is 0.667. The maximum Gasteiger partial charge on any atom is 0.276 e. The van der Waals surface area contributed by atoms with Crippen LogP contribution in [0.4, 0.5) is 10.1 Å². The summed E-state index contributed by atoms with van der Waals surface area (Å²) in [5, 5.41) is 20.7. The van der Waals surface area contributed by atoms with Gasteiger partial charge in [-0.15, -0.1) is 13.2 Å². The lowest BCUT2D eigenvalue weighted by atomic mass is 10.2. The van der Waals surface area contributed by atoms with Crippen molar-refractivity contribution >= 4 is 22.6 Å². The zero-order valence-electron chi connectivity index (χ0n) is 15.1. The van der Waals surface area contributed by atoms with E-state index in [1.807, 2.05) is 0 Å². The Kier molecular flexibility index (Phi) is 7.06. The molecule has 28 heavy (non-hydrogen) atoms. The van der Waals surface area contributed by atoms with Crippen LogP contribution in [0.15, 0.2) is 42.4 Å². The third-order valence-corrected chi connectivity index (χ3v) is 5.02. The lowest BCUT2D eigenvalue weighted by Crippen LogP contribution is -2.36. The zero-order valence-corrected chi connectivity index (χ0v) is 15.9. The van der Waals surface area contributed by atoms with Crippen LogP contribution in [0.3, 0.4) is 0 Å². The molecule has 1 aliphatic heterocycles. The Morgan fingerprint density at radius 2 is 2.29 bits per heavy atom. The summed E-state index contributed by atoms with van der Waals surface area (Å²) in [6, 6.07) is 4.81. The molecule has 3 N–H and O–H groups in total. The van der Waals surface area contributed by atoms with E-state index in [2.05, 4.69) is 23.2 Å². The van der Waals surface area contributed by atoms with E-state index in [-0.39, 0.29) is 40.8 Å². The van der Waals surface area contributed by atoms with Gasteiger partial charge >= 0.3 is 0 Å². The molecule has 2 unspecified atom stereocenters. The van der Waals surface area contributed by atoms with E-state index >= 15 is 0 Å². The number of aryl methyl sites for hydroxylation is 1. The van der Waals surface area contributed by atoms with Crippen molar-refractivity contribution in [1.29, 1.82) is 5.26 Å². The average molecular weight is 406 g/mol. The molecule has 8 nitrogen and oxygen atoms in total. The van der Waals surface area contributed by atoms with Crippen LogP contribution in [0.1, 0.15) is 16.1 Å². The summed E-state index contributed by atoms with van der Waals surface area (Å²) in [5.74, 6) is -1.10. The molecule has 3 rings (SSSR count). The maximum absolute atomic E-state index is 13.4. The minimum absolute atomic E-state index is 0.0364. The van der Waals surface area contributed by atoms with E-state index in [1.165, 1.54) is 22.9 Å². The highest BCUT2D eigenvalue weighted by molar-refractivity contribution is 7.83. The first-order chi connectivity index (χ1) is 13.4. The molecule has 1 aromatic carbocycles. The number of ether oxygens (including phenoxy) is 1. The van der Waals surface area contributed by atoms with Crippen LogP contribution in [0.25, 0.3) is 0 Å². The van der Waals surface area contributed by atoms with Gasteiger partial charge in [0.25, 0.3) is 5.91 Å². The van der Waals surface area contributed by atoms with Crippen LogP contribution in [-0.2, 0) is 18.0 Å². The predicted molar refractivity (Wildman–Crippen MR) is 102 cm³/mol. The minimum Gasteiger partial charge on any atom is -0.488 e. The molecule has 1 amide bonds. The average Bonchev–Trinajstić information content (AvgIpc) is 2.96. The Morgan fingerprint density at radius 1 is 1.57 bits per heavy atom. The topological polar surface area (TPSA) is 116 Å². The summed E-state index contributed by atoms with van der Waals surface area (Å²) in [6.07, 6.45) is 1.50. The van der Waals surface area contributed by atoms with E-state index in [1.54, 1.807) is 13.1 Å². The minimum atomic E-state index is -1.65. The molecular formula is C18H19FN4O4S. The number of aromatic nitrogens is 1. The van der Waals surface area contributed by atoms with Crippen molar-refractivity contribution in [2.75, 3.05) is 18.5 Å². The number of nitrogens with zero attached hydrogens (tertiary/aromatic N) is 2. The van der Waals surface area contributed by atoms with E-state index in [9.17, 15) is 18.5 Å². The van der Waals surface area contributed by atoms with Gasteiger partial charge in [0.2, 0.25) is 0 Å². The Labute approximate surface area is 163 Å². The number of nitrogens with one attached hydrogen (secondary N) is 2. The molecule has 0 saturated carbocycles. The number of carbonyl (C=O) groups is 1. The summed E-state index contributed by atoms with van der Waals surface area (Å²) in [4.78, 5) is 12.9. The Balaban J connectivity index is 0.00000136. The molecule has 1 aromatic heterocycles. The molecule has 0 radical (unpaired) electrons. The molecule has 0 aliphatic carbocycles. The van der Waals surface area contributed by atoms with Crippen molar-refractivity contribution in [1.82, 2.24) is 9.29 Å². The molecule has 10 heteroatoms. The second-order valence-electron chi connectivity index (χ2n) is 5.62. The summed E-state index contributed by atoms with van der Waals surface area (Å²) >= 11 is 0. The van der Waals surface area contributed by atoms with E-state index in [0.717, 1.165) is 6.07 Å². The van der Waals surface area contributed by atoms with E-state index in [0.29, 0.717) is 0 Å². The molecule has 2 aromatic rings. The van der Waals surface area contributed by atoms with Crippen LogP contribution >= 0.6 is 0 Å². The highest BCUT2D eigenvalue weighted by atomic mass is 32.2. The van der Waals surface area contributed by atoms with Gasteiger partial charge in [-0.2, -0.15) is 5.26 Å². The molecule has 1 aliphatic rings. The molecule has 0 spiro atoms. The molecule has 2 heterocycles. The largest absolute Gasteiger partial charge is 0.488 e. The van der Waals surface area contributed by atoms with Crippen molar-refractivity contribution in [3.8, 4) is 11.8 Å². The number of hydrogen-bond acceptors (Lipinski definition) is 5. The number of amides is 1. The fourth-order valence-electron chi connectivity index (χ4n) is 2.51. The zero-order chi connectivity index (χ0) is 20.8. The van der Waals surface area contributed by atoms with Crippen LogP contribution in [-0.4, -0.2) is 39.0 Å². The third kappa shape index (κ3) is 4.28. The third-order valence-electron chi connectivity index (χ3n) is 3.78. The predicted octanol–water partition coefficient (Wildman–Crippen LogP) is 1.46. The number of aliphatic hydroxyl groups excluding tert-OH is 1. The number of nitriles is 1. The number of carbonyl (C=O) groups excluding carboxylic acids is 1. The fraction of sp³-hybridized carbons (Fsp3) is 0.222. The van der Waals surface area contributed by atoms with Crippen LogP contribution in [0.5, 0.6) is 5.75 Å². The first kappa shape index (κ1) is 21.3. The van der Waals surface area contributed by atoms with Gasteiger partial charge in [-0.25, -0.2) is 13.3 Å². The van der Waals surface area contributed by atoms with Gasteiger partial charge in [-0.1, -0.05) is 0 Å². The molecule has 0 bridgehead atoms. The number of anilines is 1. The van der Waals surface area contributed by atoms with Crippen molar-refractivity contribution in [2.45, 2.75) is 10.9 Å². The lowest BCUT2D eigenvalue weighted by Gasteiger charge is -2.12. The summed E-state index contributed by atoms with van der Waals surface area (Å²) in [7, 11) is -0.0554. The lowest BCUT2D eigenvalue weighted by molar-refractivity contribution is 0.101. The number of halogens is 1. The van der Waals surface area contributed by atoms with Crippen LogP contribution < -0.4 is 14.8 Å². The maximum atomic E-state index is 13.4. The fourth-order valence-corrected chi connectivity index (χ4v) is 3.66. The highest BCUT2D eigenvalue weighted by Crippen LogP contribution is 2.31. The van der Waals surface area contributed by atoms with Gasteiger partial charge in [0, 0.05) is 18.9 Å². The van der Waals surface area contributed by atoms with Crippen molar-refractivity contribution in [2.24, 2.45) is 7.05 Å². The first-order valence-electron chi connectivity index (χ1n) is 8.06. The number of fused-ring (bicyclic) bond motifs is 1. The Morgan fingerprint density at radius 3 is 2.93 bits per heavy atom. The smallest absolute Gasteiger partial charge is 0.276 e. The number of aliphatic hydroxyl groups is 1. The SMILES string of the molecule is C=C.Cn1cc2c(c1C(=O)Nc1ccc(F)c(C#N)c1)OCC(CO)NS2=O. The highest BCUT2D eigenvalue weighted by Gasteiger charge is 2.30. The number of benzene rings is 1.